The molecule has 4 fully saturated rings. The van der Waals surface area contributed by atoms with Gasteiger partial charge >= 0.3 is 5.63 Å². The number of hydrogen-bond acceptors (Lipinski definition) is 14. The summed E-state index contributed by atoms with van der Waals surface area (Å²) in [5.41, 5.74) is 0.991. The molecule has 5 aliphatic rings. The topological polar surface area (TPSA) is 248 Å². The number of ether oxygens (including phenoxy) is 2. The summed E-state index contributed by atoms with van der Waals surface area (Å²) < 4.78 is 17.0. The van der Waals surface area contributed by atoms with Gasteiger partial charge in [-0.05, 0) is 93.1 Å². The van der Waals surface area contributed by atoms with Crippen LogP contribution in [0.15, 0.2) is 39.3 Å². The predicted molar refractivity (Wildman–Crippen MR) is 175 cm³/mol. The summed E-state index contributed by atoms with van der Waals surface area (Å²) in [6.45, 7) is 5.50. The fraction of sp³-hybridized carbons (Fsp3) is 0.778. The van der Waals surface area contributed by atoms with Crippen molar-refractivity contribution in [2.45, 2.75) is 145 Å². The second kappa shape index (κ2) is 15.1. The Bertz CT molecular complexity index is 1400. The van der Waals surface area contributed by atoms with Crippen molar-refractivity contribution in [1.29, 1.82) is 0 Å². The zero-order chi connectivity index (χ0) is 36.8. The van der Waals surface area contributed by atoms with E-state index in [1.807, 2.05) is 6.07 Å². The van der Waals surface area contributed by atoms with Crippen LogP contribution in [0.5, 0.6) is 0 Å². The Morgan fingerprint density at radius 3 is 2.30 bits per heavy atom. The van der Waals surface area contributed by atoms with Crippen LogP contribution in [0.1, 0.15) is 83.6 Å². The van der Waals surface area contributed by atoms with Crippen LogP contribution >= 0.6 is 0 Å². The second-order valence-corrected chi connectivity index (χ2v) is 15.5. The third-order valence-electron chi connectivity index (χ3n) is 12.9. The van der Waals surface area contributed by atoms with Gasteiger partial charge in [0.1, 0.15) is 42.7 Å². The van der Waals surface area contributed by atoms with E-state index in [1.165, 1.54) is 11.6 Å². The molecular formula is C36H54O14. The third-order valence-corrected chi connectivity index (χ3v) is 12.9. The van der Waals surface area contributed by atoms with E-state index in [2.05, 4.69) is 19.9 Å². The molecule has 0 amide bonds. The lowest BCUT2D eigenvalue weighted by molar-refractivity contribution is -0.301. The minimum absolute atomic E-state index is 0.0213. The van der Waals surface area contributed by atoms with Gasteiger partial charge in [0.25, 0.3) is 0 Å². The summed E-state index contributed by atoms with van der Waals surface area (Å²) >= 11 is 0. The monoisotopic (exact) mass is 710 g/mol. The highest BCUT2D eigenvalue weighted by Crippen LogP contribution is 2.70. The summed E-state index contributed by atoms with van der Waals surface area (Å²) in [6, 6.07) is 3.36. The van der Waals surface area contributed by atoms with Crippen molar-refractivity contribution in [3.8, 4) is 0 Å². The number of carbonyl (C=O) groups excluding carboxylic acids is 1. The summed E-state index contributed by atoms with van der Waals surface area (Å²) in [6.07, 6.45) is -1.52. The van der Waals surface area contributed by atoms with Gasteiger partial charge in [0.2, 0.25) is 0 Å². The zero-order valence-corrected chi connectivity index (χ0v) is 28.8. The number of allylic oxidation sites excluding steroid dienone is 1. The van der Waals surface area contributed by atoms with Crippen molar-refractivity contribution in [2.24, 2.45) is 22.7 Å². The van der Waals surface area contributed by atoms with Crippen molar-refractivity contribution >= 4 is 6.29 Å². The van der Waals surface area contributed by atoms with Crippen molar-refractivity contribution in [1.82, 2.24) is 0 Å². The number of aldehydes is 1. The number of aliphatic hydroxyl groups excluding tert-OH is 8. The molecule has 14 nitrogen and oxygen atoms in total. The maximum Gasteiger partial charge on any atom is 0.335 e. The van der Waals surface area contributed by atoms with Crippen LogP contribution in [0, 0.1) is 22.7 Å². The van der Waals surface area contributed by atoms with Crippen LogP contribution in [0.25, 0.3) is 0 Å². The van der Waals surface area contributed by atoms with Crippen LogP contribution < -0.4 is 5.63 Å². The van der Waals surface area contributed by atoms with Crippen LogP contribution in [-0.2, 0) is 14.3 Å². The molecule has 6 rings (SSSR count). The quantitative estimate of drug-likeness (QED) is 0.124. The number of fused-ring (bicyclic) bond motifs is 5. The highest BCUT2D eigenvalue weighted by molar-refractivity contribution is 5.56. The highest BCUT2D eigenvalue weighted by atomic mass is 16.7. The maximum absolute atomic E-state index is 12.4. The molecule has 2 heterocycles. The lowest BCUT2D eigenvalue weighted by atomic mass is 9.45. The average molecular weight is 711 g/mol. The zero-order valence-electron chi connectivity index (χ0n) is 28.8. The summed E-state index contributed by atoms with van der Waals surface area (Å²) in [5.74, 6) is 0.759. The van der Waals surface area contributed by atoms with Gasteiger partial charge in [-0.15, -0.1) is 0 Å². The van der Waals surface area contributed by atoms with E-state index >= 15 is 0 Å². The van der Waals surface area contributed by atoms with Gasteiger partial charge < -0.3 is 64.6 Å². The highest BCUT2D eigenvalue weighted by Gasteiger charge is 2.66. The molecule has 14 heteroatoms. The van der Waals surface area contributed by atoms with E-state index in [4.69, 9.17) is 39.4 Å². The molecule has 0 radical (unpaired) electrons. The Labute approximate surface area is 291 Å². The molecule has 1 aromatic rings. The smallest absolute Gasteiger partial charge is 0.335 e. The van der Waals surface area contributed by atoms with E-state index < -0.39 is 67.3 Å². The fourth-order valence-corrected chi connectivity index (χ4v) is 9.79. The van der Waals surface area contributed by atoms with Gasteiger partial charge in [-0.25, -0.2) is 4.79 Å². The summed E-state index contributed by atoms with van der Waals surface area (Å²) in [4.78, 5) is 21.4. The molecule has 4 aliphatic carbocycles. The van der Waals surface area contributed by atoms with E-state index in [9.17, 15) is 30.0 Å². The first-order valence-corrected chi connectivity index (χ1v) is 17.7. The molecule has 282 valence electrons. The van der Waals surface area contributed by atoms with Crippen LogP contribution in [0.2, 0.25) is 0 Å². The number of aliphatic hydroxyl groups is 9. The molecule has 1 aromatic heterocycles. The van der Waals surface area contributed by atoms with Gasteiger partial charge in [-0.2, -0.15) is 0 Å². The Hall–Kier alpha value is -2.08. The molecule has 0 unspecified atom stereocenters. The number of rotatable bonds is 8. The lowest BCUT2D eigenvalue weighted by Crippen LogP contribution is -2.60. The van der Waals surface area contributed by atoms with Crippen molar-refractivity contribution in [3.63, 3.8) is 0 Å². The first-order valence-electron chi connectivity index (χ1n) is 17.7. The Morgan fingerprint density at radius 1 is 0.940 bits per heavy atom. The van der Waals surface area contributed by atoms with Gasteiger partial charge in [-0.3, -0.25) is 0 Å². The molecule has 50 heavy (non-hydrogen) atoms. The molecular weight excluding hydrogens is 656 g/mol. The Balaban J connectivity index is 0.000000349. The van der Waals surface area contributed by atoms with Gasteiger partial charge in [-0.1, -0.05) is 25.5 Å². The molecule has 3 saturated carbocycles. The van der Waals surface area contributed by atoms with Crippen LogP contribution in [0.4, 0.5) is 0 Å². The van der Waals surface area contributed by atoms with Gasteiger partial charge in [0.05, 0.1) is 30.7 Å². The largest absolute Gasteiger partial charge is 0.431 e. The standard InChI is InChI=1S/C30H42O8.C6H12O6/c1-16-24(32)25(33)26(34)27(37-16)38-19-8-11-28(2)18(14-19)5-6-22-21(28)9-12-29(3)20(10-13-30(22,29)35)17-4-7-23(31)36-15-17;7-1-3(9)5(11)6(12)4(10)2-8/h4,7,14-16,19-22,24-27,32-35H,5-6,8-13H2,1-3H3;1,3-6,8-12H,2H2/t16-,19-,20+,21-,22+,24-,25+,26+,27-,28-,29+,30-;3-,4+,5+,6+/m00/s1. The minimum Gasteiger partial charge on any atom is -0.431 e. The van der Waals surface area contributed by atoms with Gasteiger partial charge in [0.15, 0.2) is 12.6 Å². The number of hydrogen-bond donors (Lipinski definition) is 9. The van der Waals surface area contributed by atoms with Crippen molar-refractivity contribution < 1.29 is 64.6 Å². The van der Waals surface area contributed by atoms with Crippen LogP contribution in [-0.4, -0.2) is 126 Å². The third kappa shape index (κ3) is 6.90. The second-order valence-electron chi connectivity index (χ2n) is 15.5. The van der Waals surface area contributed by atoms with Crippen molar-refractivity contribution in [3.05, 3.63) is 46.0 Å². The van der Waals surface area contributed by atoms with Crippen molar-refractivity contribution in [2.75, 3.05) is 6.61 Å². The number of carbonyl (C=O) groups is 1. The van der Waals surface area contributed by atoms with Crippen LogP contribution in [0.3, 0.4) is 0 Å². The lowest BCUT2D eigenvalue weighted by Gasteiger charge is -2.62. The Morgan fingerprint density at radius 2 is 1.66 bits per heavy atom. The first kappa shape index (κ1) is 39.1. The van der Waals surface area contributed by atoms with E-state index in [0.29, 0.717) is 5.92 Å². The average Bonchev–Trinajstić information content (AvgIpc) is 3.39. The Kier molecular flexibility index (Phi) is 11.8. The first-order chi connectivity index (χ1) is 23.5. The van der Waals surface area contributed by atoms with E-state index in [1.54, 1.807) is 13.2 Å². The molecule has 0 aromatic carbocycles. The molecule has 0 spiro atoms. The minimum atomic E-state index is -1.79. The molecule has 16 atom stereocenters. The van der Waals surface area contributed by atoms with E-state index in [0.717, 1.165) is 56.9 Å². The maximum atomic E-state index is 12.4. The molecule has 0 bridgehead atoms. The molecule has 1 saturated heterocycles. The predicted octanol–water partition coefficient (Wildman–Crippen LogP) is -0.365. The van der Waals surface area contributed by atoms with E-state index in [-0.39, 0.29) is 40.7 Å². The normalized spacial score (nSPS) is 43.4. The summed E-state index contributed by atoms with van der Waals surface area (Å²) in [5, 5.41) is 86.5. The SMILES string of the molecule is C[C@@H]1O[C@@H](O[C@@H]2C=C3CC[C@@H]4[C@H](CC[C@]5(C)[C@@H](c6ccc(=O)oc6)CC[C@]45O)[C@@]3(C)CC2)[C@H](O)[C@H](O)[C@H]1O.O=C[C@H](O)[C@@H](O)[C@H](O)[C@H](O)CO. The van der Waals surface area contributed by atoms with Gasteiger partial charge in [0, 0.05) is 11.5 Å². The molecule has 9 N–H and O–H groups in total. The fourth-order valence-electron chi connectivity index (χ4n) is 9.79. The molecule has 1 aliphatic heterocycles. The summed E-state index contributed by atoms with van der Waals surface area (Å²) in [7, 11) is 0.